The van der Waals surface area contributed by atoms with E-state index in [1.165, 1.54) is 29.9 Å². The minimum atomic E-state index is -2.71. The third-order valence-corrected chi connectivity index (χ3v) is 9.77. The molecule has 20 heavy (non-hydrogen) atoms. The maximum absolute atomic E-state index is 12.6. The highest BCUT2D eigenvalue weighted by atomic mass is 33.1. The van der Waals surface area contributed by atoms with E-state index < -0.39 is 5.77 Å². The topological polar surface area (TPSA) is 61.3 Å². The number of ether oxygens (including phenoxy) is 1. The summed E-state index contributed by atoms with van der Waals surface area (Å²) in [7, 11) is 1.54. The van der Waals surface area contributed by atoms with Crippen molar-refractivity contribution in [3.05, 3.63) is 17.5 Å². The molecule has 0 amide bonds. The first-order valence-corrected chi connectivity index (χ1v) is 11.3. The van der Waals surface area contributed by atoms with Crippen molar-refractivity contribution in [3.63, 3.8) is 0 Å². The van der Waals surface area contributed by atoms with Gasteiger partial charge >= 0.3 is 11.8 Å². The normalized spacial score (nSPS) is 14.0. The number of nitrogens with zero attached hydrogens (tertiary/aromatic N) is 2. The highest BCUT2D eigenvalue weighted by Crippen LogP contribution is 2.70. The van der Waals surface area contributed by atoms with E-state index in [0.717, 1.165) is 23.6 Å². The molecule has 0 aliphatic carbocycles. The summed E-state index contributed by atoms with van der Waals surface area (Å²) in [5.41, 5.74) is 1.64. The van der Waals surface area contributed by atoms with Crippen molar-refractivity contribution >= 4 is 28.5 Å². The van der Waals surface area contributed by atoms with Gasteiger partial charge in [-0.2, -0.15) is 4.98 Å². The molecule has 1 aromatic rings. The van der Waals surface area contributed by atoms with E-state index in [2.05, 4.69) is 16.9 Å². The maximum Gasteiger partial charge on any atom is 0.316 e. The van der Waals surface area contributed by atoms with E-state index in [9.17, 15) is 4.57 Å². The lowest BCUT2D eigenvalue weighted by Crippen LogP contribution is -1.98. The van der Waals surface area contributed by atoms with Gasteiger partial charge in [-0.15, -0.1) is 0 Å². The first-order chi connectivity index (χ1) is 9.53. The fraction of sp³-hybridized carbons (Fsp3) is 0.667. The molecule has 5 nitrogen and oxygen atoms in total. The van der Waals surface area contributed by atoms with Gasteiger partial charge < -0.3 is 9.26 Å². The minimum Gasteiger partial charge on any atom is -0.467 e. The molecule has 0 fully saturated rings. The molecule has 0 spiro atoms. The van der Waals surface area contributed by atoms with Crippen LogP contribution < -0.4 is 4.74 Å². The van der Waals surface area contributed by atoms with Crippen molar-refractivity contribution in [1.29, 1.82) is 0 Å². The molecule has 0 N–H and O–H groups in total. The van der Waals surface area contributed by atoms with Gasteiger partial charge in [0.05, 0.1) is 19.4 Å². The average molecular weight is 336 g/mol. The Kier molecular flexibility index (Phi) is 7.95. The summed E-state index contributed by atoms with van der Waals surface area (Å²) in [5.74, 6) is -1.36. The van der Waals surface area contributed by atoms with E-state index >= 15 is 0 Å². The van der Waals surface area contributed by atoms with E-state index in [0.29, 0.717) is 18.4 Å². The summed E-state index contributed by atoms with van der Waals surface area (Å²) >= 11 is 2.72. The highest BCUT2D eigenvalue weighted by molar-refractivity contribution is 8.89. The van der Waals surface area contributed by atoms with Crippen molar-refractivity contribution in [1.82, 2.24) is 9.97 Å². The molecule has 1 rings (SSSR count). The Morgan fingerprint density at radius 1 is 1.30 bits per heavy atom. The predicted octanol–water partition coefficient (Wildman–Crippen LogP) is 4.31. The largest absolute Gasteiger partial charge is 0.467 e. The number of aromatic nitrogens is 2. The molecule has 1 unspecified atom stereocenters. The van der Waals surface area contributed by atoms with Crippen molar-refractivity contribution in [2.24, 2.45) is 0 Å². The van der Waals surface area contributed by atoms with Crippen LogP contribution in [-0.2, 0) is 14.8 Å². The van der Waals surface area contributed by atoms with E-state index in [1.54, 1.807) is 0 Å². The van der Waals surface area contributed by atoms with E-state index in [1.807, 2.05) is 19.9 Å². The number of methoxy groups -OCH3 is 1. The molecule has 114 valence electrons. The Hall–Kier alpha value is -0.230. The third kappa shape index (κ3) is 6.04. The Balaban J connectivity index is 2.71. The third-order valence-electron chi connectivity index (χ3n) is 2.18. The van der Waals surface area contributed by atoms with Gasteiger partial charge in [-0.05, 0) is 26.3 Å². The first-order valence-electron chi connectivity index (χ1n) is 6.45. The Morgan fingerprint density at radius 2 is 2.05 bits per heavy atom. The molecule has 1 heterocycles. The quantitative estimate of drug-likeness (QED) is 0.622. The number of aryl methyl sites for hydroxylation is 1. The molecule has 8 heteroatoms. The average Bonchev–Trinajstić information content (AvgIpc) is 2.43. The Morgan fingerprint density at radius 3 is 2.65 bits per heavy atom. The van der Waals surface area contributed by atoms with Gasteiger partial charge in [0.1, 0.15) is 0 Å². The second-order valence-electron chi connectivity index (χ2n) is 3.96. The molecular weight excluding hydrogens is 315 g/mol. The molecule has 1 atom stereocenters. The number of hydrogen-bond donors (Lipinski definition) is 0. The van der Waals surface area contributed by atoms with Crippen LogP contribution in [0.15, 0.2) is 6.07 Å². The van der Waals surface area contributed by atoms with Gasteiger partial charge in [-0.25, -0.2) is 4.98 Å². The summed E-state index contributed by atoms with van der Waals surface area (Å²) < 4.78 is 23.1. The van der Waals surface area contributed by atoms with Gasteiger partial charge in [-0.3, -0.25) is 4.57 Å². The molecule has 0 aliphatic heterocycles. The van der Waals surface area contributed by atoms with Crippen molar-refractivity contribution in [3.8, 4) is 6.01 Å². The summed E-state index contributed by atoms with van der Waals surface area (Å²) in [6.45, 7) is 6.25. The fourth-order valence-corrected chi connectivity index (χ4v) is 7.98. The SMILES string of the molecule is CCCSP(=O)(OCC)SCc1cc(C)nc(OC)n1. The van der Waals surface area contributed by atoms with Crippen molar-refractivity contribution < 1.29 is 13.8 Å². The standard InChI is InChI=1S/C12H21N2O3PS2/c1-5-7-19-18(15,17-6-2)20-9-11-8-10(3)13-12(14-11)16-4/h8H,5-7,9H2,1-4H3. The van der Waals surface area contributed by atoms with Gasteiger partial charge in [0, 0.05) is 17.2 Å². The van der Waals surface area contributed by atoms with Gasteiger partial charge in [-0.1, -0.05) is 29.7 Å². The molecule has 0 radical (unpaired) electrons. The minimum absolute atomic E-state index is 0.341. The Bertz CT molecular complexity index is 474. The molecule has 0 saturated carbocycles. The zero-order valence-corrected chi connectivity index (χ0v) is 14.8. The molecular formula is C12H21N2O3PS2. The van der Waals surface area contributed by atoms with Crippen molar-refractivity contribution in [2.45, 2.75) is 32.9 Å². The lowest BCUT2D eigenvalue weighted by Gasteiger charge is -2.15. The molecule has 0 aliphatic rings. The first kappa shape index (κ1) is 17.8. The predicted molar refractivity (Wildman–Crippen MR) is 86.6 cm³/mol. The smallest absolute Gasteiger partial charge is 0.316 e. The van der Waals surface area contributed by atoms with Crippen LogP contribution >= 0.6 is 28.5 Å². The summed E-state index contributed by atoms with van der Waals surface area (Å²) in [6, 6.07) is 2.21. The molecule has 1 aromatic heterocycles. The van der Waals surface area contributed by atoms with Crippen molar-refractivity contribution in [2.75, 3.05) is 19.5 Å². The monoisotopic (exact) mass is 336 g/mol. The zero-order chi connectivity index (χ0) is 15.0. The van der Waals surface area contributed by atoms with Crippen LogP contribution in [0.4, 0.5) is 0 Å². The fourth-order valence-electron chi connectivity index (χ4n) is 1.39. The molecule has 0 saturated heterocycles. The van der Waals surface area contributed by atoms with Crippen LogP contribution in [0.1, 0.15) is 31.7 Å². The number of rotatable bonds is 9. The zero-order valence-electron chi connectivity index (χ0n) is 12.3. The van der Waals surface area contributed by atoms with Crippen LogP contribution in [0.5, 0.6) is 6.01 Å². The van der Waals surface area contributed by atoms with Crippen LogP contribution in [0.2, 0.25) is 0 Å². The van der Waals surface area contributed by atoms with Gasteiger partial charge in [0.25, 0.3) is 0 Å². The van der Waals surface area contributed by atoms with Crippen LogP contribution in [0.3, 0.4) is 0 Å². The summed E-state index contributed by atoms with van der Waals surface area (Å²) in [5, 5.41) is 0. The lowest BCUT2D eigenvalue weighted by atomic mass is 10.4. The maximum atomic E-state index is 12.6. The Labute approximate surface area is 128 Å². The highest BCUT2D eigenvalue weighted by Gasteiger charge is 2.24. The van der Waals surface area contributed by atoms with Crippen LogP contribution in [0.25, 0.3) is 0 Å². The summed E-state index contributed by atoms with van der Waals surface area (Å²) in [4.78, 5) is 8.39. The van der Waals surface area contributed by atoms with Crippen LogP contribution in [0, 0.1) is 6.92 Å². The van der Waals surface area contributed by atoms with Gasteiger partial charge in [0.2, 0.25) is 0 Å². The van der Waals surface area contributed by atoms with E-state index in [-0.39, 0.29) is 0 Å². The van der Waals surface area contributed by atoms with Crippen LogP contribution in [-0.4, -0.2) is 29.4 Å². The number of hydrogen-bond acceptors (Lipinski definition) is 7. The molecule has 0 aromatic carbocycles. The second-order valence-corrected chi connectivity index (χ2v) is 11.5. The second kappa shape index (κ2) is 8.93. The van der Waals surface area contributed by atoms with E-state index in [4.69, 9.17) is 9.26 Å². The lowest BCUT2D eigenvalue weighted by molar-refractivity contribution is 0.357. The van der Waals surface area contributed by atoms with Gasteiger partial charge in [0.15, 0.2) is 0 Å². The molecule has 0 bridgehead atoms. The summed E-state index contributed by atoms with van der Waals surface area (Å²) in [6.07, 6.45) is 0.975.